The number of fused-ring (bicyclic) bond motifs is 1. The molecule has 2 heterocycles. The molecule has 206 valence electrons. The van der Waals surface area contributed by atoms with Crippen LogP contribution in [0.3, 0.4) is 0 Å². The van der Waals surface area contributed by atoms with Crippen molar-refractivity contribution in [3.63, 3.8) is 0 Å². The molecule has 2 aliphatic heterocycles. The van der Waals surface area contributed by atoms with E-state index in [-0.39, 0.29) is 23.6 Å². The van der Waals surface area contributed by atoms with Gasteiger partial charge in [0.2, 0.25) is 0 Å². The molecule has 0 aromatic heterocycles. The zero-order chi connectivity index (χ0) is 28.3. The third-order valence-corrected chi connectivity index (χ3v) is 8.21. The quantitative estimate of drug-likeness (QED) is 0.307. The Balaban J connectivity index is 1.37. The van der Waals surface area contributed by atoms with Crippen LogP contribution in [0.2, 0.25) is 0 Å². The van der Waals surface area contributed by atoms with Crippen molar-refractivity contribution in [1.29, 1.82) is 0 Å². The molecular weight excluding hydrogens is 524 g/mol. The van der Waals surface area contributed by atoms with Crippen LogP contribution < -0.4 is 10.1 Å². The lowest BCUT2D eigenvalue weighted by Crippen LogP contribution is -2.71. The van der Waals surface area contributed by atoms with Crippen molar-refractivity contribution in [3.8, 4) is 5.75 Å². The Morgan fingerprint density at radius 1 is 0.925 bits per heavy atom. The molecule has 1 saturated heterocycles. The highest BCUT2D eigenvalue weighted by molar-refractivity contribution is 8.00. The fourth-order valence-electron chi connectivity index (χ4n) is 4.81. The molecule has 1 N–H and O–H groups in total. The molecule has 3 aromatic rings. The van der Waals surface area contributed by atoms with Crippen LogP contribution in [0.15, 0.2) is 102 Å². The summed E-state index contributed by atoms with van der Waals surface area (Å²) >= 11 is 1.53. The number of nitrogens with zero attached hydrogens (tertiary/aromatic N) is 1. The van der Waals surface area contributed by atoms with Crippen LogP contribution in [0.5, 0.6) is 5.75 Å². The van der Waals surface area contributed by atoms with Gasteiger partial charge in [-0.3, -0.25) is 14.5 Å². The summed E-state index contributed by atoms with van der Waals surface area (Å²) < 4.78 is 11.7. The molecule has 1 unspecified atom stereocenters. The lowest BCUT2D eigenvalue weighted by molar-refractivity contribution is -0.155. The summed E-state index contributed by atoms with van der Waals surface area (Å²) in [5, 5.41) is 2.38. The number of β-lactam (4-membered cyclic amide) rings is 1. The van der Waals surface area contributed by atoms with Gasteiger partial charge in [-0.25, -0.2) is 4.79 Å². The number of benzene rings is 3. The van der Waals surface area contributed by atoms with Crippen molar-refractivity contribution in [3.05, 3.63) is 113 Å². The normalized spacial score (nSPS) is 18.6. The zero-order valence-electron chi connectivity index (χ0n) is 22.7. The maximum absolute atomic E-state index is 13.9. The minimum absolute atomic E-state index is 0.209. The molecule has 2 amide bonds. The van der Waals surface area contributed by atoms with E-state index in [0.717, 1.165) is 16.7 Å². The van der Waals surface area contributed by atoms with Crippen LogP contribution in [-0.2, 0) is 19.1 Å². The number of hydrogen-bond donors (Lipinski definition) is 1. The number of thioether (sulfide) groups is 1. The number of amides is 2. The summed E-state index contributed by atoms with van der Waals surface area (Å²) in [4.78, 5) is 41.5. The number of carbonyl (C=O) groups is 3. The highest BCUT2D eigenvalue weighted by Crippen LogP contribution is 2.46. The third-order valence-electron chi connectivity index (χ3n) is 6.93. The lowest BCUT2D eigenvalue weighted by atomic mass is 9.84. The van der Waals surface area contributed by atoms with E-state index in [4.69, 9.17) is 9.47 Å². The van der Waals surface area contributed by atoms with E-state index in [1.54, 1.807) is 12.1 Å². The second kappa shape index (κ2) is 11.6. The van der Waals surface area contributed by atoms with Crippen LogP contribution in [0.1, 0.15) is 38.0 Å². The first kappa shape index (κ1) is 27.5. The Morgan fingerprint density at radius 3 is 2.02 bits per heavy atom. The van der Waals surface area contributed by atoms with E-state index in [2.05, 4.69) is 5.32 Å². The van der Waals surface area contributed by atoms with Gasteiger partial charge in [-0.05, 0) is 34.2 Å². The minimum atomic E-state index is -0.750. The smallest absolute Gasteiger partial charge is 0.356 e. The molecule has 0 bridgehead atoms. The van der Waals surface area contributed by atoms with Gasteiger partial charge >= 0.3 is 5.97 Å². The second-order valence-corrected chi connectivity index (χ2v) is 11.8. The summed E-state index contributed by atoms with van der Waals surface area (Å²) in [7, 11) is 0. The molecule has 0 saturated carbocycles. The molecule has 0 aliphatic carbocycles. The summed E-state index contributed by atoms with van der Waals surface area (Å²) in [5.74, 6) is -0.185. The number of nitrogens with one attached hydrogen (secondary N) is 1. The fourth-order valence-corrected chi connectivity index (χ4v) is 6.45. The average molecular weight is 557 g/mol. The van der Waals surface area contributed by atoms with E-state index in [1.807, 2.05) is 99.6 Å². The Morgan fingerprint density at radius 2 is 1.48 bits per heavy atom. The van der Waals surface area contributed by atoms with Gasteiger partial charge in [-0.2, -0.15) is 0 Å². The molecule has 2 atom stereocenters. The Labute approximate surface area is 238 Å². The molecule has 40 heavy (non-hydrogen) atoms. The Hall–Kier alpha value is -4.04. The molecule has 0 spiro atoms. The molecule has 0 radical (unpaired) electrons. The van der Waals surface area contributed by atoms with Crippen molar-refractivity contribution in [2.75, 3.05) is 12.4 Å². The SMILES string of the molecule is CC(C)(C)C1=C(C(=O)OC(c2ccccc2)c2ccccc2)N2C(=O)C(NC(=O)COc3ccccc3)[C@@H]2SC1. The first-order valence-electron chi connectivity index (χ1n) is 13.2. The maximum atomic E-state index is 13.9. The number of carbonyl (C=O) groups excluding carboxylic acids is 3. The maximum Gasteiger partial charge on any atom is 0.356 e. The molecular formula is C32H32N2O5S. The number of rotatable bonds is 8. The average Bonchev–Trinajstić information content (AvgIpc) is 2.97. The summed E-state index contributed by atoms with van der Waals surface area (Å²) in [6, 6.07) is 27.4. The monoisotopic (exact) mass is 556 g/mol. The van der Waals surface area contributed by atoms with E-state index in [0.29, 0.717) is 11.5 Å². The predicted molar refractivity (Wildman–Crippen MR) is 154 cm³/mol. The predicted octanol–water partition coefficient (Wildman–Crippen LogP) is 5.10. The number of hydrogen-bond acceptors (Lipinski definition) is 6. The van der Waals surface area contributed by atoms with Gasteiger partial charge in [-0.15, -0.1) is 11.8 Å². The van der Waals surface area contributed by atoms with E-state index >= 15 is 0 Å². The van der Waals surface area contributed by atoms with E-state index in [1.165, 1.54) is 16.7 Å². The minimum Gasteiger partial charge on any atom is -0.484 e. The molecule has 3 aromatic carbocycles. The third kappa shape index (κ3) is 5.77. The fraction of sp³-hybridized carbons (Fsp3) is 0.281. The Bertz CT molecular complexity index is 1360. The summed E-state index contributed by atoms with van der Waals surface area (Å²) in [6.07, 6.45) is -0.640. The first-order chi connectivity index (χ1) is 19.2. The molecule has 2 aliphatic rings. The topological polar surface area (TPSA) is 84.9 Å². The number of para-hydroxylation sites is 1. The van der Waals surface area contributed by atoms with Gasteiger partial charge in [0, 0.05) is 5.75 Å². The molecule has 1 fully saturated rings. The largest absolute Gasteiger partial charge is 0.484 e. The zero-order valence-corrected chi connectivity index (χ0v) is 23.5. The summed E-state index contributed by atoms with van der Waals surface area (Å²) in [6.45, 7) is 5.85. The van der Waals surface area contributed by atoms with Gasteiger partial charge in [0.05, 0.1) is 0 Å². The van der Waals surface area contributed by atoms with Gasteiger partial charge in [0.1, 0.15) is 22.9 Å². The number of ether oxygens (including phenoxy) is 2. The van der Waals surface area contributed by atoms with Crippen LogP contribution >= 0.6 is 11.8 Å². The van der Waals surface area contributed by atoms with Gasteiger partial charge in [0.15, 0.2) is 12.7 Å². The van der Waals surface area contributed by atoms with Gasteiger partial charge < -0.3 is 14.8 Å². The van der Waals surface area contributed by atoms with Crippen LogP contribution in [0.25, 0.3) is 0 Å². The van der Waals surface area contributed by atoms with Crippen molar-refractivity contribution < 1.29 is 23.9 Å². The molecule has 5 rings (SSSR count). The number of esters is 1. The van der Waals surface area contributed by atoms with Crippen LogP contribution in [0.4, 0.5) is 0 Å². The van der Waals surface area contributed by atoms with E-state index < -0.39 is 29.4 Å². The summed E-state index contributed by atoms with van der Waals surface area (Å²) in [5.41, 5.74) is 2.40. The van der Waals surface area contributed by atoms with Crippen LogP contribution in [-0.4, -0.2) is 46.5 Å². The first-order valence-corrected chi connectivity index (χ1v) is 14.3. The lowest BCUT2D eigenvalue weighted by Gasteiger charge is -2.51. The van der Waals surface area contributed by atoms with Crippen molar-refractivity contribution in [2.24, 2.45) is 5.41 Å². The van der Waals surface area contributed by atoms with Gasteiger partial charge in [0.25, 0.3) is 11.8 Å². The standard InChI is InChI=1S/C32H32N2O5S/c1-32(2,3)24-20-40-30-26(33-25(35)19-38-23-17-11-6-12-18-23)29(36)34(30)27(24)31(37)39-28(21-13-7-4-8-14-21)22-15-9-5-10-16-22/h4-18,26,28,30H,19-20H2,1-3H3,(H,33,35)/t26?,30-/m0/s1. The van der Waals surface area contributed by atoms with Crippen molar-refractivity contribution in [1.82, 2.24) is 10.2 Å². The van der Waals surface area contributed by atoms with Crippen LogP contribution in [0, 0.1) is 5.41 Å². The second-order valence-electron chi connectivity index (χ2n) is 10.7. The molecule has 8 heteroatoms. The van der Waals surface area contributed by atoms with Crippen molar-refractivity contribution in [2.45, 2.75) is 38.3 Å². The van der Waals surface area contributed by atoms with Gasteiger partial charge in [-0.1, -0.05) is 99.6 Å². The van der Waals surface area contributed by atoms with Crippen molar-refractivity contribution >= 4 is 29.5 Å². The van der Waals surface area contributed by atoms with E-state index in [9.17, 15) is 14.4 Å². The highest BCUT2D eigenvalue weighted by atomic mass is 32.2. The Kier molecular flexibility index (Phi) is 7.98. The molecule has 7 nitrogen and oxygen atoms in total. The highest BCUT2D eigenvalue weighted by Gasteiger charge is 2.55.